The van der Waals surface area contributed by atoms with Crippen LogP contribution in [0.3, 0.4) is 0 Å². The van der Waals surface area contributed by atoms with Crippen molar-refractivity contribution in [1.29, 1.82) is 0 Å². The van der Waals surface area contributed by atoms with Gasteiger partial charge in [-0.2, -0.15) is 0 Å². The highest BCUT2D eigenvalue weighted by molar-refractivity contribution is 8.00. The van der Waals surface area contributed by atoms with Crippen molar-refractivity contribution < 1.29 is 4.79 Å². The van der Waals surface area contributed by atoms with Gasteiger partial charge >= 0.3 is 0 Å². The number of carbonyl (C=O) groups is 1. The molecule has 0 aliphatic heterocycles. The molecule has 0 bridgehead atoms. The van der Waals surface area contributed by atoms with Gasteiger partial charge in [-0.3, -0.25) is 4.79 Å². The molecule has 0 atom stereocenters. The first-order chi connectivity index (χ1) is 9.92. The Morgan fingerprint density at radius 1 is 1.19 bits per heavy atom. The molecule has 1 amide bonds. The summed E-state index contributed by atoms with van der Waals surface area (Å²) in [5, 5.41) is 6.89. The van der Waals surface area contributed by atoms with E-state index in [9.17, 15) is 4.79 Å². The molecule has 1 aliphatic carbocycles. The molecule has 116 valence electrons. The minimum absolute atomic E-state index is 0.00104. The first-order valence-corrected chi connectivity index (χ1v) is 8.62. The van der Waals surface area contributed by atoms with E-state index in [2.05, 4.69) is 43.5 Å². The smallest absolute Gasteiger partial charge is 0.238 e. The lowest BCUT2D eigenvalue weighted by Gasteiger charge is -2.20. The van der Waals surface area contributed by atoms with Crippen molar-refractivity contribution in [2.75, 3.05) is 11.9 Å². The van der Waals surface area contributed by atoms with Crippen LogP contribution in [-0.2, 0) is 4.79 Å². The summed E-state index contributed by atoms with van der Waals surface area (Å²) in [5.74, 6) is 0.00104. The molecule has 3 nitrogen and oxygen atoms in total. The number of thioether (sulfide) groups is 1. The largest absolute Gasteiger partial charge is 0.325 e. The fraction of sp³-hybridized carbons (Fsp3) is 0.588. The predicted molar refractivity (Wildman–Crippen MR) is 90.9 cm³/mol. The SMILES string of the molecule is CC(C)(C)NCC(=O)Nc1ccc(SC2CCCC2)cc1. The molecule has 2 rings (SSSR count). The molecule has 1 saturated carbocycles. The van der Waals surface area contributed by atoms with Crippen LogP contribution in [-0.4, -0.2) is 23.2 Å². The molecule has 21 heavy (non-hydrogen) atoms. The molecular formula is C17H26N2OS. The Balaban J connectivity index is 1.80. The van der Waals surface area contributed by atoms with Gasteiger partial charge in [0, 0.05) is 21.4 Å². The van der Waals surface area contributed by atoms with Crippen LogP contribution in [0.1, 0.15) is 46.5 Å². The minimum atomic E-state index is -0.0425. The van der Waals surface area contributed by atoms with Gasteiger partial charge in [-0.15, -0.1) is 11.8 Å². The van der Waals surface area contributed by atoms with Gasteiger partial charge in [0.05, 0.1) is 6.54 Å². The summed E-state index contributed by atoms with van der Waals surface area (Å²) in [6.45, 7) is 6.49. The lowest BCUT2D eigenvalue weighted by atomic mass is 10.1. The quantitative estimate of drug-likeness (QED) is 0.862. The zero-order valence-electron chi connectivity index (χ0n) is 13.2. The second-order valence-electron chi connectivity index (χ2n) is 6.70. The summed E-state index contributed by atoms with van der Waals surface area (Å²) in [5.41, 5.74) is 0.825. The average molecular weight is 306 g/mol. The second-order valence-corrected chi connectivity index (χ2v) is 8.07. The standard InChI is InChI=1S/C17H26N2OS/c1-17(2,3)18-12-16(20)19-13-8-10-15(11-9-13)21-14-6-4-5-7-14/h8-11,14,18H,4-7,12H2,1-3H3,(H,19,20). The number of carbonyl (C=O) groups excluding carboxylic acids is 1. The zero-order valence-corrected chi connectivity index (χ0v) is 14.1. The Bertz CT molecular complexity index is 459. The molecule has 2 N–H and O–H groups in total. The highest BCUT2D eigenvalue weighted by Gasteiger charge is 2.16. The monoisotopic (exact) mass is 306 g/mol. The van der Waals surface area contributed by atoms with Gasteiger partial charge in [-0.25, -0.2) is 0 Å². The van der Waals surface area contributed by atoms with Crippen LogP contribution < -0.4 is 10.6 Å². The summed E-state index contributed by atoms with van der Waals surface area (Å²) in [6.07, 6.45) is 5.41. The van der Waals surface area contributed by atoms with E-state index in [0.717, 1.165) is 10.9 Å². The minimum Gasteiger partial charge on any atom is -0.325 e. The number of hydrogen-bond donors (Lipinski definition) is 2. The van der Waals surface area contributed by atoms with E-state index in [1.54, 1.807) is 0 Å². The van der Waals surface area contributed by atoms with Crippen LogP contribution in [0.4, 0.5) is 5.69 Å². The van der Waals surface area contributed by atoms with Crippen molar-refractivity contribution in [2.45, 2.75) is 62.1 Å². The topological polar surface area (TPSA) is 41.1 Å². The van der Waals surface area contributed by atoms with Gasteiger partial charge in [0.25, 0.3) is 0 Å². The van der Waals surface area contributed by atoms with Crippen LogP contribution in [0.15, 0.2) is 29.2 Å². The Morgan fingerprint density at radius 2 is 1.81 bits per heavy atom. The van der Waals surface area contributed by atoms with Crippen molar-refractivity contribution >= 4 is 23.4 Å². The molecule has 1 aliphatic rings. The lowest BCUT2D eigenvalue weighted by Crippen LogP contribution is -2.41. The van der Waals surface area contributed by atoms with Crippen molar-refractivity contribution in [3.63, 3.8) is 0 Å². The summed E-state index contributed by atoms with van der Waals surface area (Å²) >= 11 is 1.97. The molecule has 0 radical (unpaired) electrons. The normalized spacial score (nSPS) is 16.1. The molecule has 0 aromatic heterocycles. The number of amides is 1. The molecule has 0 unspecified atom stereocenters. The maximum absolute atomic E-state index is 11.8. The first kappa shape index (κ1) is 16.4. The summed E-state index contributed by atoms with van der Waals surface area (Å²) in [7, 11) is 0. The predicted octanol–water partition coefficient (Wildman–Crippen LogP) is 4.05. The molecule has 0 saturated heterocycles. The maximum atomic E-state index is 11.8. The Morgan fingerprint density at radius 3 is 2.38 bits per heavy atom. The third-order valence-electron chi connectivity index (χ3n) is 3.52. The van der Waals surface area contributed by atoms with E-state index in [1.807, 2.05) is 23.9 Å². The van der Waals surface area contributed by atoms with Crippen LogP contribution in [0.5, 0.6) is 0 Å². The summed E-state index contributed by atoms with van der Waals surface area (Å²) in [4.78, 5) is 13.1. The van der Waals surface area contributed by atoms with Gasteiger partial charge in [0.2, 0.25) is 5.91 Å². The number of rotatable bonds is 5. The second kappa shape index (κ2) is 7.32. The summed E-state index contributed by atoms with van der Waals surface area (Å²) < 4.78 is 0. The summed E-state index contributed by atoms with van der Waals surface area (Å²) in [6, 6.07) is 8.20. The third kappa shape index (κ3) is 6.10. The number of anilines is 1. The van der Waals surface area contributed by atoms with Crippen LogP contribution >= 0.6 is 11.8 Å². The molecule has 4 heteroatoms. The zero-order chi connectivity index (χ0) is 15.3. The Labute approximate surface area is 132 Å². The maximum Gasteiger partial charge on any atom is 0.238 e. The van der Waals surface area contributed by atoms with Gasteiger partial charge in [-0.1, -0.05) is 12.8 Å². The molecule has 1 aromatic rings. The lowest BCUT2D eigenvalue weighted by molar-refractivity contribution is -0.115. The third-order valence-corrected chi connectivity index (χ3v) is 4.87. The average Bonchev–Trinajstić information content (AvgIpc) is 2.91. The Kier molecular flexibility index (Phi) is 5.71. The van der Waals surface area contributed by atoms with Crippen molar-refractivity contribution in [3.05, 3.63) is 24.3 Å². The van der Waals surface area contributed by atoms with Crippen molar-refractivity contribution in [1.82, 2.24) is 5.32 Å². The number of benzene rings is 1. The van der Waals surface area contributed by atoms with E-state index >= 15 is 0 Å². The molecule has 0 spiro atoms. The highest BCUT2D eigenvalue weighted by atomic mass is 32.2. The van der Waals surface area contributed by atoms with Gasteiger partial charge < -0.3 is 10.6 Å². The number of hydrogen-bond acceptors (Lipinski definition) is 3. The fourth-order valence-electron chi connectivity index (χ4n) is 2.37. The molecular weight excluding hydrogens is 280 g/mol. The van der Waals surface area contributed by atoms with Crippen LogP contribution in [0, 0.1) is 0 Å². The molecule has 1 fully saturated rings. The van der Waals surface area contributed by atoms with Gasteiger partial charge in [0.15, 0.2) is 0 Å². The van der Waals surface area contributed by atoms with E-state index in [0.29, 0.717) is 6.54 Å². The van der Waals surface area contributed by atoms with Gasteiger partial charge in [0.1, 0.15) is 0 Å². The van der Waals surface area contributed by atoms with Crippen LogP contribution in [0.2, 0.25) is 0 Å². The molecule has 1 aromatic carbocycles. The van der Waals surface area contributed by atoms with Crippen LogP contribution in [0.25, 0.3) is 0 Å². The first-order valence-electron chi connectivity index (χ1n) is 7.74. The van der Waals surface area contributed by atoms with E-state index in [1.165, 1.54) is 30.6 Å². The van der Waals surface area contributed by atoms with Gasteiger partial charge in [-0.05, 0) is 57.9 Å². The van der Waals surface area contributed by atoms with E-state index < -0.39 is 0 Å². The fourth-order valence-corrected chi connectivity index (χ4v) is 3.61. The highest BCUT2D eigenvalue weighted by Crippen LogP contribution is 2.34. The molecule has 0 heterocycles. The van der Waals surface area contributed by atoms with E-state index in [4.69, 9.17) is 0 Å². The Hall–Kier alpha value is -1.00. The van der Waals surface area contributed by atoms with Crippen molar-refractivity contribution in [3.8, 4) is 0 Å². The van der Waals surface area contributed by atoms with E-state index in [-0.39, 0.29) is 11.4 Å². The number of nitrogens with one attached hydrogen (secondary N) is 2. The van der Waals surface area contributed by atoms with Crippen molar-refractivity contribution in [2.24, 2.45) is 0 Å².